The van der Waals surface area contributed by atoms with Crippen molar-refractivity contribution < 1.29 is 23.9 Å². The van der Waals surface area contributed by atoms with Crippen LogP contribution in [0.3, 0.4) is 0 Å². The molecule has 0 bridgehead atoms. The van der Waals surface area contributed by atoms with Gasteiger partial charge in [-0.1, -0.05) is 29.8 Å². The average molecular weight is 491 g/mol. The van der Waals surface area contributed by atoms with Crippen molar-refractivity contribution in [1.29, 1.82) is 0 Å². The van der Waals surface area contributed by atoms with Gasteiger partial charge in [0.05, 0.1) is 19.8 Å². The Morgan fingerprint density at radius 2 is 1.75 bits per heavy atom. The van der Waals surface area contributed by atoms with Crippen molar-refractivity contribution in [2.24, 2.45) is 0 Å². The van der Waals surface area contributed by atoms with Gasteiger partial charge in [0.1, 0.15) is 17.0 Å². The number of hydrogen-bond donors (Lipinski definition) is 1. The summed E-state index contributed by atoms with van der Waals surface area (Å²) in [7, 11) is 0. The third kappa shape index (κ3) is 4.82. The van der Waals surface area contributed by atoms with E-state index in [1.165, 1.54) is 15.6 Å². The van der Waals surface area contributed by atoms with Crippen LogP contribution in [0.25, 0.3) is 0 Å². The van der Waals surface area contributed by atoms with Crippen LogP contribution in [-0.4, -0.2) is 46.3 Å². The number of nitrogens with zero attached hydrogens (tertiary/aromatic N) is 3. The molecule has 1 aliphatic heterocycles. The zero-order valence-electron chi connectivity index (χ0n) is 20.9. The molecule has 0 spiro atoms. The fraction of sp³-hybridized carbons (Fsp3) is 0.333. The van der Waals surface area contributed by atoms with E-state index >= 15 is 0 Å². The number of aryl methyl sites for hydroxylation is 1. The molecule has 4 rings (SSSR count). The monoisotopic (exact) mass is 490 g/mol. The molecule has 0 unspecified atom stereocenters. The molecular formula is C27H30N4O5. The van der Waals surface area contributed by atoms with Crippen LogP contribution in [0, 0.1) is 6.92 Å². The summed E-state index contributed by atoms with van der Waals surface area (Å²) in [4.78, 5) is 41.1. The predicted octanol–water partition coefficient (Wildman–Crippen LogP) is 3.50. The van der Waals surface area contributed by atoms with E-state index in [0.29, 0.717) is 24.6 Å². The molecule has 2 heterocycles. The van der Waals surface area contributed by atoms with Gasteiger partial charge in [-0.2, -0.15) is 5.10 Å². The molecule has 1 N–H and O–H groups in total. The largest absolute Gasteiger partial charge is 0.494 e. The normalized spacial score (nSPS) is 16.9. The third-order valence-electron chi connectivity index (χ3n) is 6.11. The second-order valence-corrected chi connectivity index (χ2v) is 8.80. The maximum absolute atomic E-state index is 13.8. The van der Waals surface area contributed by atoms with Gasteiger partial charge in [-0.3, -0.25) is 19.2 Å². The predicted molar refractivity (Wildman–Crippen MR) is 134 cm³/mol. The van der Waals surface area contributed by atoms with Crippen LogP contribution >= 0.6 is 0 Å². The molecule has 0 saturated carbocycles. The van der Waals surface area contributed by atoms with Gasteiger partial charge in [-0.05, 0) is 57.5 Å². The zero-order chi connectivity index (χ0) is 25.9. The van der Waals surface area contributed by atoms with Gasteiger partial charge in [0.15, 0.2) is 5.69 Å². The van der Waals surface area contributed by atoms with E-state index in [9.17, 15) is 14.4 Å². The molecule has 2 amide bonds. The zero-order valence-corrected chi connectivity index (χ0v) is 20.9. The minimum atomic E-state index is -1.32. The summed E-state index contributed by atoms with van der Waals surface area (Å²) in [5.41, 5.74) is 1.50. The molecule has 9 nitrogen and oxygen atoms in total. The summed E-state index contributed by atoms with van der Waals surface area (Å²) >= 11 is 0. The minimum absolute atomic E-state index is 0.0242. The fourth-order valence-electron chi connectivity index (χ4n) is 4.23. The Bertz CT molecular complexity index is 1270. The number of nitrogens with one attached hydrogen (secondary N) is 1. The molecule has 1 atom stereocenters. The Kier molecular flexibility index (Phi) is 7.10. The first-order valence-corrected chi connectivity index (χ1v) is 11.9. The molecule has 36 heavy (non-hydrogen) atoms. The highest BCUT2D eigenvalue weighted by Gasteiger charge is 2.49. The van der Waals surface area contributed by atoms with Crippen LogP contribution in [0.4, 0.5) is 5.69 Å². The Labute approximate surface area is 210 Å². The average Bonchev–Trinajstić information content (AvgIpc) is 3.29. The number of ether oxygens (including phenoxy) is 2. The highest BCUT2D eigenvalue weighted by atomic mass is 16.5. The molecule has 1 aromatic heterocycles. The van der Waals surface area contributed by atoms with E-state index in [1.54, 1.807) is 38.1 Å². The number of hydrogen-bond acceptors (Lipinski definition) is 6. The SMILES string of the molecule is CCOC(=O)c1cc2n(n1)C[C@](C)(C(=O)NCc1ccc(C)cc1)N(c1ccc(OCC)cc1)C2=O. The number of amides is 2. The molecular weight excluding hydrogens is 460 g/mol. The lowest BCUT2D eigenvalue weighted by atomic mass is 9.93. The van der Waals surface area contributed by atoms with Gasteiger partial charge in [0.2, 0.25) is 5.91 Å². The van der Waals surface area contributed by atoms with E-state index in [1.807, 2.05) is 38.1 Å². The third-order valence-corrected chi connectivity index (χ3v) is 6.11. The van der Waals surface area contributed by atoms with Gasteiger partial charge in [0.25, 0.3) is 5.91 Å². The number of benzene rings is 2. The molecule has 0 aliphatic carbocycles. The first-order chi connectivity index (χ1) is 17.3. The van der Waals surface area contributed by atoms with Crippen molar-refractivity contribution in [3.8, 4) is 5.75 Å². The lowest BCUT2D eigenvalue weighted by molar-refractivity contribution is -0.126. The Morgan fingerprint density at radius 3 is 2.39 bits per heavy atom. The Balaban J connectivity index is 1.70. The van der Waals surface area contributed by atoms with E-state index in [-0.39, 0.29) is 30.4 Å². The first-order valence-electron chi connectivity index (χ1n) is 11.9. The van der Waals surface area contributed by atoms with Crippen molar-refractivity contribution >= 4 is 23.5 Å². The van der Waals surface area contributed by atoms with Crippen LogP contribution in [-0.2, 0) is 22.6 Å². The molecule has 0 saturated heterocycles. The summed E-state index contributed by atoms with van der Waals surface area (Å²) in [6.45, 7) is 8.34. The molecule has 0 fully saturated rings. The van der Waals surface area contributed by atoms with Crippen LogP contribution < -0.4 is 15.0 Å². The van der Waals surface area contributed by atoms with Crippen molar-refractivity contribution in [3.63, 3.8) is 0 Å². The van der Waals surface area contributed by atoms with Crippen molar-refractivity contribution in [2.45, 2.75) is 46.3 Å². The molecule has 2 aromatic carbocycles. The number of carbonyl (C=O) groups is 3. The minimum Gasteiger partial charge on any atom is -0.494 e. The summed E-state index contributed by atoms with van der Waals surface area (Å²) in [6, 6.07) is 16.3. The van der Waals surface area contributed by atoms with Crippen molar-refractivity contribution in [3.05, 3.63) is 77.1 Å². The van der Waals surface area contributed by atoms with E-state index in [4.69, 9.17) is 9.47 Å². The van der Waals surface area contributed by atoms with Crippen LogP contribution in [0.5, 0.6) is 5.75 Å². The van der Waals surface area contributed by atoms with E-state index in [0.717, 1.165) is 11.1 Å². The lowest BCUT2D eigenvalue weighted by Crippen LogP contribution is -2.64. The second kappa shape index (κ2) is 10.2. The first kappa shape index (κ1) is 25.0. The number of anilines is 1. The number of rotatable bonds is 8. The smallest absolute Gasteiger partial charge is 0.358 e. The van der Waals surface area contributed by atoms with E-state index in [2.05, 4.69) is 10.4 Å². The summed E-state index contributed by atoms with van der Waals surface area (Å²) in [5, 5.41) is 7.26. The van der Waals surface area contributed by atoms with Gasteiger partial charge < -0.3 is 14.8 Å². The second-order valence-electron chi connectivity index (χ2n) is 8.80. The molecule has 1 aliphatic rings. The molecule has 3 aromatic rings. The van der Waals surface area contributed by atoms with Gasteiger partial charge >= 0.3 is 5.97 Å². The van der Waals surface area contributed by atoms with Crippen LogP contribution in [0.2, 0.25) is 0 Å². The number of esters is 1. The highest BCUT2D eigenvalue weighted by Crippen LogP contribution is 2.34. The van der Waals surface area contributed by atoms with Crippen LogP contribution in [0.1, 0.15) is 52.9 Å². The molecule has 188 valence electrons. The van der Waals surface area contributed by atoms with Crippen molar-refractivity contribution in [1.82, 2.24) is 15.1 Å². The Hall–Kier alpha value is -4.14. The summed E-state index contributed by atoms with van der Waals surface area (Å²) in [6.07, 6.45) is 0. The quantitative estimate of drug-likeness (QED) is 0.485. The highest BCUT2D eigenvalue weighted by molar-refractivity contribution is 6.12. The fourth-order valence-corrected chi connectivity index (χ4v) is 4.23. The lowest BCUT2D eigenvalue weighted by Gasteiger charge is -2.43. The molecule has 0 radical (unpaired) electrons. The summed E-state index contributed by atoms with van der Waals surface area (Å²) in [5.74, 6) is -0.748. The topological polar surface area (TPSA) is 103 Å². The Morgan fingerprint density at radius 1 is 1.06 bits per heavy atom. The summed E-state index contributed by atoms with van der Waals surface area (Å²) < 4.78 is 12.0. The number of fused-ring (bicyclic) bond motifs is 1. The maximum atomic E-state index is 13.8. The van der Waals surface area contributed by atoms with Crippen LogP contribution in [0.15, 0.2) is 54.6 Å². The number of carbonyl (C=O) groups excluding carboxylic acids is 3. The number of aromatic nitrogens is 2. The van der Waals surface area contributed by atoms with Gasteiger partial charge in [-0.25, -0.2) is 4.79 Å². The maximum Gasteiger partial charge on any atom is 0.358 e. The van der Waals surface area contributed by atoms with E-state index < -0.39 is 17.4 Å². The standard InChI is InChI=1S/C27H30N4O5/c1-5-35-21-13-11-20(12-14-21)31-24(32)23-15-22(25(33)36-6-2)29-30(23)17-27(31,4)26(34)28-16-19-9-7-18(3)8-10-19/h7-15H,5-6,16-17H2,1-4H3,(H,28,34)/t27-/m1/s1. The van der Waals surface area contributed by atoms with Gasteiger partial charge in [-0.15, -0.1) is 0 Å². The molecule has 9 heteroatoms. The van der Waals surface area contributed by atoms with Crippen molar-refractivity contribution in [2.75, 3.05) is 18.1 Å². The van der Waals surface area contributed by atoms with Gasteiger partial charge in [0, 0.05) is 18.3 Å².